The second kappa shape index (κ2) is 9.70. The van der Waals surface area contributed by atoms with Gasteiger partial charge in [0.15, 0.2) is 0 Å². The highest BCUT2D eigenvalue weighted by molar-refractivity contribution is 6.33. The van der Waals surface area contributed by atoms with Gasteiger partial charge in [-0.1, -0.05) is 30.3 Å². The van der Waals surface area contributed by atoms with Crippen molar-refractivity contribution in [2.45, 2.75) is 33.4 Å². The first-order valence-corrected chi connectivity index (χ1v) is 11.9. The molecule has 0 spiro atoms. The summed E-state index contributed by atoms with van der Waals surface area (Å²) in [7, 11) is 0. The van der Waals surface area contributed by atoms with E-state index in [1.54, 1.807) is 43.0 Å². The van der Waals surface area contributed by atoms with Gasteiger partial charge in [0, 0.05) is 37.8 Å². The van der Waals surface area contributed by atoms with E-state index in [4.69, 9.17) is 11.6 Å². The smallest absolute Gasteiger partial charge is 0.350 e. The highest BCUT2D eigenvalue weighted by Crippen LogP contribution is 2.35. The van der Waals surface area contributed by atoms with Crippen molar-refractivity contribution in [2.24, 2.45) is 5.41 Å². The van der Waals surface area contributed by atoms with E-state index in [2.05, 4.69) is 22.6 Å². The lowest BCUT2D eigenvalue weighted by molar-refractivity contribution is -0.126. The Hall–Kier alpha value is -3.77. The van der Waals surface area contributed by atoms with Crippen molar-refractivity contribution in [1.82, 2.24) is 19.4 Å². The lowest BCUT2D eigenvalue weighted by Gasteiger charge is -2.40. The molecule has 10 heteroatoms. The van der Waals surface area contributed by atoms with Crippen molar-refractivity contribution in [2.75, 3.05) is 24.5 Å². The normalized spacial score (nSPS) is 16.2. The lowest BCUT2D eigenvalue weighted by Crippen LogP contribution is -2.54. The number of carbonyl (C=O) groups excluding carboxylic acids is 1. The second-order valence-electron chi connectivity index (χ2n) is 9.50. The minimum Gasteiger partial charge on any atom is -0.350 e. The molecule has 1 atom stereocenters. The number of carbonyl (C=O) groups is 1. The van der Waals surface area contributed by atoms with Crippen molar-refractivity contribution in [3.05, 3.63) is 64.3 Å². The number of nitriles is 1. The first kappa shape index (κ1) is 25.3. The Morgan fingerprint density at radius 3 is 2.69 bits per heavy atom. The van der Waals surface area contributed by atoms with Crippen LogP contribution in [0.15, 0.2) is 47.8 Å². The minimum absolute atomic E-state index is 0.0363. The zero-order valence-corrected chi connectivity index (χ0v) is 21.1. The van der Waals surface area contributed by atoms with Crippen LogP contribution in [0.25, 0.3) is 22.3 Å². The molecule has 2 aromatic heterocycles. The third-order valence-corrected chi connectivity index (χ3v) is 6.54. The zero-order chi connectivity index (χ0) is 26.2. The summed E-state index contributed by atoms with van der Waals surface area (Å²) in [5, 5.41) is 10.3. The molecule has 0 saturated carbocycles. The number of anilines is 1. The molecule has 1 aliphatic rings. The standard InChI is InChI=1S/C26H26ClFN6O2/c1-5-21(35)32-10-11-33(16(2)13-32)24-18-12-19(27)22(17-8-6-7-9-20(17)28)30-23(18)34(25(36)31-24)15-26(3,4)14-29/h5-9,12,16H,1,10-11,13,15H2,2-4H3/t16-/m0/s1. The maximum atomic E-state index is 14.6. The molecule has 3 aromatic rings. The Kier molecular flexibility index (Phi) is 6.83. The van der Waals surface area contributed by atoms with Crippen molar-refractivity contribution in [3.63, 3.8) is 0 Å². The van der Waals surface area contributed by atoms with Crippen LogP contribution in [0.5, 0.6) is 0 Å². The topological polar surface area (TPSA) is 95.1 Å². The largest absolute Gasteiger partial charge is 0.351 e. The highest BCUT2D eigenvalue weighted by atomic mass is 35.5. The van der Waals surface area contributed by atoms with Gasteiger partial charge >= 0.3 is 5.69 Å². The molecule has 8 nitrogen and oxygen atoms in total. The van der Waals surface area contributed by atoms with E-state index in [1.807, 2.05) is 11.8 Å². The van der Waals surface area contributed by atoms with Crippen LogP contribution in [-0.2, 0) is 11.3 Å². The second-order valence-corrected chi connectivity index (χ2v) is 9.91. The number of amides is 1. The number of aromatic nitrogens is 3. The summed E-state index contributed by atoms with van der Waals surface area (Å²) >= 11 is 6.61. The molecule has 4 rings (SSSR count). The fourth-order valence-electron chi connectivity index (χ4n) is 4.39. The van der Waals surface area contributed by atoms with E-state index >= 15 is 0 Å². The number of nitrogens with zero attached hydrogens (tertiary/aromatic N) is 6. The van der Waals surface area contributed by atoms with E-state index < -0.39 is 16.9 Å². The Labute approximate surface area is 213 Å². The molecule has 3 heterocycles. The number of hydrogen-bond acceptors (Lipinski definition) is 6. The zero-order valence-electron chi connectivity index (χ0n) is 20.3. The summed E-state index contributed by atoms with van der Waals surface area (Å²) in [6, 6.07) is 9.80. The van der Waals surface area contributed by atoms with Crippen LogP contribution in [0.1, 0.15) is 20.8 Å². The number of hydrogen-bond donors (Lipinski definition) is 0. The molecule has 1 amide bonds. The number of benzene rings is 1. The van der Waals surface area contributed by atoms with Gasteiger partial charge in [0.2, 0.25) is 5.91 Å². The molecule has 1 aliphatic heterocycles. The average molecular weight is 509 g/mol. The summed E-state index contributed by atoms with van der Waals surface area (Å²) in [4.78, 5) is 38.1. The van der Waals surface area contributed by atoms with Crippen LogP contribution in [-0.4, -0.2) is 51.0 Å². The monoisotopic (exact) mass is 508 g/mol. The first-order valence-electron chi connectivity index (χ1n) is 11.5. The number of rotatable bonds is 5. The Morgan fingerprint density at radius 1 is 1.33 bits per heavy atom. The van der Waals surface area contributed by atoms with Gasteiger partial charge in [-0.25, -0.2) is 14.2 Å². The highest BCUT2D eigenvalue weighted by Gasteiger charge is 2.30. The van der Waals surface area contributed by atoms with E-state index in [-0.39, 0.29) is 40.4 Å². The van der Waals surface area contributed by atoms with Crippen LogP contribution < -0.4 is 10.6 Å². The van der Waals surface area contributed by atoms with Gasteiger partial charge in [0.05, 0.1) is 27.6 Å². The van der Waals surface area contributed by atoms with Gasteiger partial charge in [-0.15, -0.1) is 0 Å². The van der Waals surface area contributed by atoms with E-state index in [1.165, 1.54) is 16.7 Å². The van der Waals surface area contributed by atoms with Crippen LogP contribution >= 0.6 is 11.6 Å². The lowest BCUT2D eigenvalue weighted by atomic mass is 9.96. The molecule has 36 heavy (non-hydrogen) atoms. The molecule has 0 aliphatic carbocycles. The predicted octanol–water partition coefficient (Wildman–Crippen LogP) is 4.02. The summed E-state index contributed by atoms with van der Waals surface area (Å²) in [6.07, 6.45) is 1.28. The third kappa shape index (κ3) is 4.69. The Bertz CT molecular complexity index is 1460. The summed E-state index contributed by atoms with van der Waals surface area (Å²) in [5.74, 6) is -0.273. The molecular weight excluding hydrogens is 483 g/mol. The fraction of sp³-hybridized carbons (Fsp3) is 0.346. The van der Waals surface area contributed by atoms with Gasteiger partial charge in [-0.3, -0.25) is 9.36 Å². The third-order valence-electron chi connectivity index (χ3n) is 6.26. The number of pyridine rings is 1. The van der Waals surface area contributed by atoms with Crippen LogP contribution in [0.3, 0.4) is 0 Å². The van der Waals surface area contributed by atoms with Crippen LogP contribution in [0.4, 0.5) is 10.2 Å². The quantitative estimate of drug-likeness (QED) is 0.483. The van der Waals surface area contributed by atoms with Crippen molar-refractivity contribution < 1.29 is 9.18 Å². The maximum Gasteiger partial charge on any atom is 0.351 e. The fourth-order valence-corrected chi connectivity index (χ4v) is 4.64. The van der Waals surface area contributed by atoms with E-state index in [0.717, 1.165) is 0 Å². The number of halogens is 2. The van der Waals surface area contributed by atoms with Crippen LogP contribution in [0.2, 0.25) is 5.02 Å². The predicted molar refractivity (Wildman–Crippen MR) is 137 cm³/mol. The molecule has 1 aromatic carbocycles. The van der Waals surface area contributed by atoms with Crippen LogP contribution in [0, 0.1) is 22.6 Å². The van der Waals surface area contributed by atoms with Gasteiger partial charge in [-0.2, -0.15) is 10.2 Å². The SMILES string of the molecule is C=CC(=O)N1CCN(c2nc(=O)n(CC(C)(C)C#N)c3nc(-c4ccccc4F)c(Cl)cc23)[C@@H](C)C1. The average Bonchev–Trinajstić information content (AvgIpc) is 2.85. The van der Waals surface area contributed by atoms with E-state index in [0.29, 0.717) is 30.8 Å². The molecule has 0 radical (unpaired) electrons. The molecule has 1 fully saturated rings. The van der Waals surface area contributed by atoms with Gasteiger partial charge in [0.1, 0.15) is 17.3 Å². The number of piperazine rings is 1. The van der Waals surface area contributed by atoms with Gasteiger partial charge in [-0.05, 0) is 45.0 Å². The van der Waals surface area contributed by atoms with E-state index in [9.17, 15) is 19.2 Å². The van der Waals surface area contributed by atoms with Crippen molar-refractivity contribution in [1.29, 1.82) is 5.26 Å². The molecule has 0 unspecified atom stereocenters. The van der Waals surface area contributed by atoms with Crippen molar-refractivity contribution in [3.8, 4) is 17.3 Å². The van der Waals surface area contributed by atoms with Gasteiger partial charge in [0.25, 0.3) is 0 Å². The molecule has 186 valence electrons. The van der Waals surface area contributed by atoms with Gasteiger partial charge < -0.3 is 9.80 Å². The molecule has 1 saturated heterocycles. The molecule has 0 bridgehead atoms. The molecule has 0 N–H and O–H groups in total. The van der Waals surface area contributed by atoms with Crippen molar-refractivity contribution >= 4 is 34.4 Å². The Balaban J connectivity index is 1.93. The minimum atomic E-state index is -0.886. The number of fused-ring (bicyclic) bond motifs is 1. The summed E-state index contributed by atoms with van der Waals surface area (Å²) in [5.41, 5.74) is -0.814. The maximum absolute atomic E-state index is 14.6. The summed E-state index contributed by atoms with van der Waals surface area (Å²) < 4.78 is 16.0. The molecular formula is C26H26ClFN6O2. The Morgan fingerprint density at radius 2 is 2.06 bits per heavy atom. The first-order chi connectivity index (χ1) is 17.1. The summed E-state index contributed by atoms with van der Waals surface area (Å²) in [6.45, 7) is 10.2.